The van der Waals surface area contributed by atoms with E-state index in [1.165, 1.54) is 0 Å². The van der Waals surface area contributed by atoms with E-state index in [1.54, 1.807) is 0 Å². The molecule has 0 amide bonds. The van der Waals surface area contributed by atoms with Gasteiger partial charge in [-0.25, -0.2) is 0 Å². The standard InChI is InChI=1S/C15H27NO3/c1-14(2)9-16(10-15(3,4)19-14)12-8-6-5-7-11(12)13(17)18/h11-12H,5-10H2,1-4H3,(H,17,18). The third kappa shape index (κ3) is 3.48. The third-order valence-corrected chi connectivity index (χ3v) is 4.24. The molecule has 19 heavy (non-hydrogen) atoms. The molecule has 2 fully saturated rings. The molecule has 2 atom stereocenters. The molecular weight excluding hydrogens is 242 g/mol. The lowest BCUT2D eigenvalue weighted by atomic mass is 9.82. The number of aliphatic carboxylic acids is 1. The largest absolute Gasteiger partial charge is 0.481 e. The normalized spacial score (nSPS) is 34.9. The first-order chi connectivity index (χ1) is 8.70. The van der Waals surface area contributed by atoms with Crippen molar-refractivity contribution < 1.29 is 14.6 Å². The third-order valence-electron chi connectivity index (χ3n) is 4.24. The molecule has 1 saturated carbocycles. The van der Waals surface area contributed by atoms with Gasteiger partial charge in [0, 0.05) is 19.1 Å². The number of nitrogens with zero attached hydrogens (tertiary/aromatic N) is 1. The van der Waals surface area contributed by atoms with Gasteiger partial charge in [0.05, 0.1) is 17.1 Å². The van der Waals surface area contributed by atoms with Gasteiger partial charge in [0.2, 0.25) is 0 Å². The number of carbonyl (C=O) groups is 1. The first-order valence-electron chi connectivity index (χ1n) is 7.37. The number of hydrogen-bond acceptors (Lipinski definition) is 3. The smallest absolute Gasteiger partial charge is 0.308 e. The van der Waals surface area contributed by atoms with E-state index < -0.39 is 5.97 Å². The Morgan fingerprint density at radius 2 is 1.63 bits per heavy atom. The zero-order valence-corrected chi connectivity index (χ0v) is 12.6. The fraction of sp³-hybridized carbons (Fsp3) is 0.933. The van der Waals surface area contributed by atoms with E-state index in [0.29, 0.717) is 0 Å². The van der Waals surface area contributed by atoms with Crippen LogP contribution in [0.4, 0.5) is 0 Å². The van der Waals surface area contributed by atoms with Gasteiger partial charge < -0.3 is 9.84 Å². The zero-order chi connectivity index (χ0) is 14.3. The van der Waals surface area contributed by atoms with E-state index in [2.05, 4.69) is 32.6 Å². The Labute approximate surface area is 116 Å². The minimum atomic E-state index is -0.633. The lowest BCUT2D eigenvalue weighted by molar-refractivity contribution is -0.195. The van der Waals surface area contributed by atoms with E-state index in [9.17, 15) is 9.90 Å². The van der Waals surface area contributed by atoms with Crippen LogP contribution in [0.15, 0.2) is 0 Å². The van der Waals surface area contributed by atoms with Crippen molar-refractivity contribution in [2.24, 2.45) is 5.92 Å². The number of carboxylic acid groups (broad SMARTS) is 1. The number of hydrogen-bond donors (Lipinski definition) is 1. The van der Waals surface area contributed by atoms with E-state index in [1.807, 2.05) is 0 Å². The summed E-state index contributed by atoms with van der Waals surface area (Å²) in [6.45, 7) is 10.0. The predicted molar refractivity (Wildman–Crippen MR) is 74.2 cm³/mol. The second kappa shape index (κ2) is 5.06. The second-order valence-electron chi connectivity index (χ2n) is 7.32. The molecule has 1 heterocycles. The minimum absolute atomic E-state index is 0.175. The van der Waals surface area contributed by atoms with Gasteiger partial charge in [-0.05, 0) is 40.5 Å². The first kappa shape index (κ1) is 14.8. The van der Waals surface area contributed by atoms with Crippen molar-refractivity contribution in [2.75, 3.05) is 13.1 Å². The molecule has 4 heteroatoms. The van der Waals surface area contributed by atoms with Crippen LogP contribution >= 0.6 is 0 Å². The van der Waals surface area contributed by atoms with E-state index in [0.717, 1.165) is 38.8 Å². The lowest BCUT2D eigenvalue weighted by Crippen LogP contribution is -2.61. The van der Waals surface area contributed by atoms with Crippen LogP contribution in [0.2, 0.25) is 0 Å². The number of ether oxygens (including phenoxy) is 1. The zero-order valence-electron chi connectivity index (χ0n) is 12.6. The molecule has 1 aliphatic heterocycles. The Hall–Kier alpha value is -0.610. The van der Waals surface area contributed by atoms with Crippen molar-refractivity contribution in [3.8, 4) is 0 Å². The van der Waals surface area contributed by atoms with Crippen LogP contribution in [0.3, 0.4) is 0 Å². The SMILES string of the molecule is CC1(C)CN(C2CCCCC2C(=O)O)CC(C)(C)O1. The molecule has 0 aromatic carbocycles. The van der Waals surface area contributed by atoms with E-state index in [4.69, 9.17) is 4.74 Å². The van der Waals surface area contributed by atoms with Crippen molar-refractivity contribution in [1.82, 2.24) is 4.90 Å². The molecule has 2 aliphatic rings. The summed E-state index contributed by atoms with van der Waals surface area (Å²) in [7, 11) is 0. The molecule has 1 saturated heterocycles. The van der Waals surface area contributed by atoms with Crippen molar-refractivity contribution in [2.45, 2.75) is 70.6 Å². The van der Waals surface area contributed by atoms with Gasteiger partial charge in [-0.15, -0.1) is 0 Å². The van der Waals surface area contributed by atoms with Crippen LogP contribution in [-0.4, -0.2) is 46.3 Å². The van der Waals surface area contributed by atoms with Gasteiger partial charge in [-0.2, -0.15) is 0 Å². The molecule has 2 unspecified atom stereocenters. The molecule has 0 aromatic heterocycles. The lowest BCUT2D eigenvalue weighted by Gasteiger charge is -2.51. The number of rotatable bonds is 2. The molecule has 1 N–H and O–H groups in total. The van der Waals surface area contributed by atoms with Gasteiger partial charge in [-0.1, -0.05) is 12.8 Å². The Balaban J connectivity index is 2.16. The number of carboxylic acids is 1. The van der Waals surface area contributed by atoms with Gasteiger partial charge in [0.25, 0.3) is 0 Å². The maximum absolute atomic E-state index is 11.5. The Bertz CT molecular complexity index is 335. The Morgan fingerprint density at radius 3 is 2.16 bits per heavy atom. The number of morpholine rings is 1. The van der Waals surface area contributed by atoms with E-state index >= 15 is 0 Å². The summed E-state index contributed by atoms with van der Waals surface area (Å²) in [5.41, 5.74) is -0.412. The van der Waals surface area contributed by atoms with Crippen LogP contribution in [0.1, 0.15) is 53.4 Å². The molecule has 0 bridgehead atoms. The minimum Gasteiger partial charge on any atom is -0.481 e. The second-order valence-corrected chi connectivity index (χ2v) is 7.32. The van der Waals surface area contributed by atoms with Gasteiger partial charge >= 0.3 is 5.97 Å². The van der Waals surface area contributed by atoms with Gasteiger partial charge in [0.1, 0.15) is 0 Å². The van der Waals surface area contributed by atoms with Crippen LogP contribution in [0.5, 0.6) is 0 Å². The molecule has 0 spiro atoms. The van der Waals surface area contributed by atoms with Gasteiger partial charge in [-0.3, -0.25) is 9.69 Å². The van der Waals surface area contributed by atoms with E-state index in [-0.39, 0.29) is 23.2 Å². The molecule has 0 radical (unpaired) electrons. The Kier molecular flexibility index (Phi) is 3.94. The average Bonchev–Trinajstić information content (AvgIpc) is 2.24. The van der Waals surface area contributed by atoms with Crippen molar-refractivity contribution in [3.05, 3.63) is 0 Å². The summed E-state index contributed by atoms with van der Waals surface area (Å²) < 4.78 is 6.09. The highest BCUT2D eigenvalue weighted by Crippen LogP contribution is 2.35. The highest BCUT2D eigenvalue weighted by molar-refractivity contribution is 5.71. The summed E-state index contributed by atoms with van der Waals surface area (Å²) in [5.74, 6) is -0.842. The Morgan fingerprint density at radius 1 is 1.11 bits per heavy atom. The highest BCUT2D eigenvalue weighted by Gasteiger charge is 2.44. The van der Waals surface area contributed by atoms with Crippen LogP contribution < -0.4 is 0 Å². The maximum Gasteiger partial charge on any atom is 0.308 e. The predicted octanol–water partition coefficient (Wildman–Crippen LogP) is 2.52. The summed E-state index contributed by atoms with van der Waals surface area (Å²) in [4.78, 5) is 13.8. The molecule has 2 rings (SSSR count). The average molecular weight is 269 g/mol. The molecular formula is C15H27NO3. The van der Waals surface area contributed by atoms with Crippen molar-refractivity contribution in [1.29, 1.82) is 0 Å². The summed E-state index contributed by atoms with van der Waals surface area (Å²) in [6.07, 6.45) is 4.01. The molecule has 0 aromatic rings. The summed E-state index contributed by atoms with van der Waals surface area (Å²) in [5, 5.41) is 9.44. The van der Waals surface area contributed by atoms with Gasteiger partial charge in [0.15, 0.2) is 0 Å². The first-order valence-corrected chi connectivity index (χ1v) is 7.37. The van der Waals surface area contributed by atoms with Crippen LogP contribution in [-0.2, 0) is 9.53 Å². The topological polar surface area (TPSA) is 49.8 Å². The highest BCUT2D eigenvalue weighted by atomic mass is 16.5. The fourth-order valence-electron chi connectivity index (χ4n) is 3.92. The summed E-state index contributed by atoms with van der Waals surface area (Å²) in [6, 6.07) is 0.175. The fourth-order valence-corrected chi connectivity index (χ4v) is 3.92. The van der Waals surface area contributed by atoms with Crippen molar-refractivity contribution in [3.63, 3.8) is 0 Å². The monoisotopic (exact) mass is 269 g/mol. The quantitative estimate of drug-likeness (QED) is 0.837. The summed E-state index contributed by atoms with van der Waals surface area (Å²) >= 11 is 0. The molecule has 4 nitrogen and oxygen atoms in total. The maximum atomic E-state index is 11.5. The van der Waals surface area contributed by atoms with Crippen LogP contribution in [0.25, 0.3) is 0 Å². The molecule has 1 aliphatic carbocycles. The van der Waals surface area contributed by atoms with Crippen LogP contribution in [0, 0.1) is 5.92 Å². The van der Waals surface area contributed by atoms with Crippen molar-refractivity contribution >= 4 is 5.97 Å². The molecule has 110 valence electrons.